The molecule has 0 aromatic heterocycles. The predicted octanol–water partition coefficient (Wildman–Crippen LogP) is 1.41. The predicted molar refractivity (Wildman–Crippen MR) is 66.0 cm³/mol. The van der Waals surface area contributed by atoms with Crippen molar-refractivity contribution in [1.29, 1.82) is 0 Å². The van der Waals surface area contributed by atoms with Gasteiger partial charge in [-0.3, -0.25) is 0 Å². The van der Waals surface area contributed by atoms with Crippen LogP contribution in [-0.4, -0.2) is 42.3 Å². The van der Waals surface area contributed by atoms with Crippen LogP contribution in [0.15, 0.2) is 0 Å². The highest BCUT2D eigenvalue weighted by Crippen LogP contribution is 2.44. The number of hydrogen-bond donors (Lipinski definition) is 0. The van der Waals surface area contributed by atoms with Crippen LogP contribution in [0.4, 0.5) is 0 Å². The number of terminal acetylenes is 1. The Labute approximate surface area is 113 Å². The molecule has 0 amide bonds. The first-order chi connectivity index (χ1) is 8.87. The fourth-order valence-corrected chi connectivity index (χ4v) is 2.84. The maximum absolute atomic E-state index is 5.98. The Kier molecular flexibility index (Phi) is 2.93. The molecule has 0 aromatic carbocycles. The summed E-state index contributed by atoms with van der Waals surface area (Å²) in [6, 6.07) is 0. The Balaban J connectivity index is 1.88. The van der Waals surface area contributed by atoms with Gasteiger partial charge in [0.05, 0.1) is 0 Å². The highest BCUT2D eigenvalue weighted by atomic mass is 16.9. The minimum atomic E-state index is -0.683. The third-order valence-corrected chi connectivity index (χ3v) is 3.89. The van der Waals surface area contributed by atoms with E-state index < -0.39 is 24.0 Å². The normalized spacial score (nSPS) is 51.4. The number of rotatable bonds is 1. The molecule has 3 aliphatic rings. The zero-order chi connectivity index (χ0) is 13.8. The van der Waals surface area contributed by atoms with E-state index in [4.69, 9.17) is 30.1 Å². The fourth-order valence-electron chi connectivity index (χ4n) is 2.84. The second-order valence-electron chi connectivity index (χ2n) is 5.84. The van der Waals surface area contributed by atoms with Crippen LogP contribution in [0.25, 0.3) is 0 Å². The van der Waals surface area contributed by atoms with E-state index in [1.807, 2.05) is 27.7 Å². The van der Waals surface area contributed by atoms with Gasteiger partial charge in [-0.1, -0.05) is 12.8 Å². The van der Waals surface area contributed by atoms with Gasteiger partial charge in [0, 0.05) is 0 Å². The van der Waals surface area contributed by atoms with Crippen molar-refractivity contribution in [2.24, 2.45) is 0 Å². The van der Waals surface area contributed by atoms with Crippen LogP contribution in [0, 0.1) is 12.3 Å². The number of fused-ring (bicyclic) bond motifs is 3. The Hall–Kier alpha value is -0.640. The molecule has 19 heavy (non-hydrogen) atoms. The van der Waals surface area contributed by atoms with Crippen molar-refractivity contribution in [3.8, 4) is 12.3 Å². The molecule has 3 heterocycles. The van der Waals surface area contributed by atoms with E-state index in [1.54, 1.807) is 0 Å². The number of ether oxygens (including phenoxy) is 5. The summed E-state index contributed by atoms with van der Waals surface area (Å²) >= 11 is 0. The molecule has 6 atom stereocenters. The van der Waals surface area contributed by atoms with E-state index in [0.29, 0.717) is 0 Å². The van der Waals surface area contributed by atoms with E-state index >= 15 is 0 Å². The van der Waals surface area contributed by atoms with Gasteiger partial charge in [-0.25, -0.2) is 0 Å². The summed E-state index contributed by atoms with van der Waals surface area (Å²) in [6.45, 7) is 7.63. The summed E-state index contributed by atoms with van der Waals surface area (Å²) in [5, 5.41) is 0. The first-order valence-electron chi connectivity index (χ1n) is 6.70. The molecule has 3 saturated heterocycles. The highest BCUT2D eigenvalue weighted by molar-refractivity contribution is 5.10. The van der Waals surface area contributed by atoms with Gasteiger partial charge in [-0.2, -0.15) is 0 Å². The van der Waals surface area contributed by atoms with Gasteiger partial charge in [-0.15, -0.1) is 6.42 Å². The third kappa shape index (κ3) is 2.08. The molecule has 0 saturated carbocycles. The molecule has 0 spiro atoms. The van der Waals surface area contributed by atoms with Crippen molar-refractivity contribution in [1.82, 2.24) is 0 Å². The van der Waals surface area contributed by atoms with Crippen LogP contribution in [0.1, 0.15) is 34.1 Å². The monoisotopic (exact) mass is 268 g/mol. The van der Waals surface area contributed by atoms with Gasteiger partial charge in [-0.05, 0) is 27.2 Å². The lowest BCUT2D eigenvalue weighted by Gasteiger charge is -2.34. The van der Waals surface area contributed by atoms with Crippen LogP contribution < -0.4 is 0 Å². The lowest BCUT2D eigenvalue weighted by Crippen LogP contribution is -2.54. The van der Waals surface area contributed by atoms with Crippen molar-refractivity contribution in [2.45, 2.75) is 76.4 Å². The first kappa shape index (κ1) is 13.3. The van der Waals surface area contributed by atoms with Crippen LogP contribution in [0.5, 0.6) is 0 Å². The van der Waals surface area contributed by atoms with E-state index in [9.17, 15) is 0 Å². The molecule has 3 aliphatic heterocycles. The Bertz CT molecular complexity index is 415. The average molecular weight is 268 g/mol. The van der Waals surface area contributed by atoms with Crippen LogP contribution in [-0.2, 0) is 23.7 Å². The minimum absolute atomic E-state index is 0.261. The average Bonchev–Trinajstić information content (AvgIpc) is 2.84. The molecule has 3 rings (SSSR count). The van der Waals surface area contributed by atoms with E-state index in [1.165, 1.54) is 0 Å². The largest absolute Gasteiger partial charge is 0.341 e. The molecular formula is C14H20O5. The molecule has 0 N–H and O–H groups in total. The van der Waals surface area contributed by atoms with Gasteiger partial charge in [0.1, 0.15) is 24.4 Å². The molecule has 0 bridgehead atoms. The lowest BCUT2D eigenvalue weighted by molar-refractivity contribution is -0.225. The van der Waals surface area contributed by atoms with Crippen molar-refractivity contribution < 1.29 is 23.7 Å². The first-order valence-corrected chi connectivity index (χ1v) is 6.70. The van der Waals surface area contributed by atoms with Gasteiger partial charge in [0.25, 0.3) is 0 Å². The molecule has 0 aromatic rings. The quantitative estimate of drug-likeness (QED) is 0.673. The summed E-state index contributed by atoms with van der Waals surface area (Å²) in [7, 11) is 0. The van der Waals surface area contributed by atoms with Gasteiger partial charge >= 0.3 is 0 Å². The second-order valence-corrected chi connectivity index (χ2v) is 5.84. The molecule has 2 unspecified atom stereocenters. The Morgan fingerprint density at radius 3 is 2.32 bits per heavy atom. The van der Waals surface area contributed by atoms with Gasteiger partial charge in [0.2, 0.25) is 0 Å². The number of hydrogen-bond acceptors (Lipinski definition) is 5. The molecule has 0 radical (unpaired) electrons. The molecule has 5 heteroatoms. The van der Waals surface area contributed by atoms with Crippen molar-refractivity contribution >= 4 is 0 Å². The highest BCUT2D eigenvalue weighted by Gasteiger charge is 2.60. The summed E-state index contributed by atoms with van der Waals surface area (Å²) in [5.74, 6) is 1.27. The van der Waals surface area contributed by atoms with Crippen LogP contribution >= 0.6 is 0 Å². The van der Waals surface area contributed by atoms with E-state index in [2.05, 4.69) is 5.92 Å². The van der Waals surface area contributed by atoms with Crippen LogP contribution in [0.2, 0.25) is 0 Å². The Morgan fingerprint density at radius 1 is 1.00 bits per heavy atom. The molecule has 106 valence electrons. The zero-order valence-electron chi connectivity index (χ0n) is 11.7. The molecule has 3 fully saturated rings. The Morgan fingerprint density at radius 2 is 1.68 bits per heavy atom. The summed E-state index contributed by atoms with van der Waals surface area (Å²) in [5.41, 5.74) is 0. The minimum Gasteiger partial charge on any atom is -0.341 e. The maximum Gasteiger partial charge on any atom is 0.191 e. The zero-order valence-corrected chi connectivity index (χ0v) is 11.7. The smallest absolute Gasteiger partial charge is 0.191 e. The van der Waals surface area contributed by atoms with Gasteiger partial charge in [0.15, 0.2) is 17.9 Å². The van der Waals surface area contributed by atoms with Crippen molar-refractivity contribution in [3.63, 3.8) is 0 Å². The van der Waals surface area contributed by atoms with Crippen molar-refractivity contribution in [3.05, 3.63) is 0 Å². The maximum atomic E-state index is 5.98. The topological polar surface area (TPSA) is 46.2 Å². The summed E-state index contributed by atoms with van der Waals surface area (Å²) < 4.78 is 29.4. The molecule has 5 nitrogen and oxygen atoms in total. The fraction of sp³-hybridized carbons (Fsp3) is 0.857. The second kappa shape index (κ2) is 4.18. The lowest BCUT2D eigenvalue weighted by atomic mass is 9.99. The van der Waals surface area contributed by atoms with Crippen molar-refractivity contribution in [2.75, 3.05) is 0 Å². The summed E-state index contributed by atoms with van der Waals surface area (Å²) in [6.07, 6.45) is 4.40. The third-order valence-electron chi connectivity index (χ3n) is 3.89. The standard InChI is InChI=1S/C14H20O5/c1-6-8-9-10(17-13(3,4)16-9)11-12(15-8)19-14(5,7-2)18-11/h1,8-12H,7H2,2-5H3/t8?,9-,10-,11+,12+,14?/m1/s1. The van der Waals surface area contributed by atoms with E-state index in [-0.39, 0.29) is 18.3 Å². The summed E-state index contributed by atoms with van der Waals surface area (Å²) in [4.78, 5) is 0. The van der Waals surface area contributed by atoms with E-state index in [0.717, 1.165) is 6.42 Å². The van der Waals surface area contributed by atoms with Crippen LogP contribution in [0.3, 0.4) is 0 Å². The SMILES string of the molecule is C#CC1O[C@H]2OC(C)(CC)O[C@H]2[C@@H]2OC(C)(C)O[C@H]12. The molecular weight excluding hydrogens is 248 g/mol. The van der Waals surface area contributed by atoms with Gasteiger partial charge < -0.3 is 23.7 Å². The molecule has 0 aliphatic carbocycles.